The predicted octanol–water partition coefficient (Wildman–Crippen LogP) is 3.43. The lowest BCUT2D eigenvalue weighted by Gasteiger charge is -2.13. The van der Waals surface area contributed by atoms with Gasteiger partial charge in [-0.05, 0) is 44.2 Å². The van der Waals surface area contributed by atoms with Crippen molar-refractivity contribution in [2.24, 2.45) is 0 Å². The van der Waals surface area contributed by atoms with E-state index < -0.39 is 29.1 Å². The van der Waals surface area contributed by atoms with Crippen molar-refractivity contribution in [3.63, 3.8) is 0 Å². The maximum absolute atomic E-state index is 14.9. The number of nitrogens with one attached hydrogen (secondary N) is 2. The lowest BCUT2D eigenvalue weighted by atomic mass is 10.0. The van der Waals surface area contributed by atoms with Gasteiger partial charge in [0.05, 0.1) is 23.3 Å². The van der Waals surface area contributed by atoms with Gasteiger partial charge < -0.3 is 22.1 Å². The highest BCUT2D eigenvalue weighted by Crippen LogP contribution is 2.29. The third-order valence-electron chi connectivity index (χ3n) is 5.14. The average molecular weight is 505 g/mol. The number of hydrogen-bond acceptors (Lipinski definition) is 8. The van der Waals surface area contributed by atoms with Crippen LogP contribution in [0.2, 0.25) is 0 Å². The fourth-order valence-corrected chi connectivity index (χ4v) is 3.49. The van der Waals surface area contributed by atoms with Gasteiger partial charge in [0.1, 0.15) is 11.5 Å². The van der Waals surface area contributed by atoms with E-state index in [2.05, 4.69) is 30.6 Å². The van der Waals surface area contributed by atoms with Gasteiger partial charge in [-0.1, -0.05) is 0 Å². The molecule has 0 spiro atoms. The van der Waals surface area contributed by atoms with Crippen LogP contribution in [0, 0.1) is 11.6 Å². The number of carbonyl (C=O) groups is 2. The summed E-state index contributed by atoms with van der Waals surface area (Å²) in [5.74, 6) is -3.04. The normalized spacial score (nSPS) is 10.8. The van der Waals surface area contributed by atoms with Crippen LogP contribution in [-0.2, 0) is 0 Å². The van der Waals surface area contributed by atoms with Crippen LogP contribution < -0.4 is 22.1 Å². The number of nitrogens with zero attached hydrogens (tertiary/aromatic N) is 4. The number of aromatic nitrogens is 4. The molecule has 0 atom stereocenters. The van der Waals surface area contributed by atoms with Crippen molar-refractivity contribution in [1.29, 1.82) is 0 Å². The topological polar surface area (TPSA) is 162 Å². The molecule has 188 valence electrons. The highest BCUT2D eigenvalue weighted by Gasteiger charge is 2.22. The van der Waals surface area contributed by atoms with Gasteiger partial charge in [0.15, 0.2) is 11.5 Å². The number of amides is 2. The quantitative estimate of drug-likeness (QED) is 0.310. The second-order valence-corrected chi connectivity index (χ2v) is 8.25. The first-order chi connectivity index (χ1) is 17.6. The summed E-state index contributed by atoms with van der Waals surface area (Å²) in [5, 5.41) is 5.30. The Balaban J connectivity index is 1.71. The van der Waals surface area contributed by atoms with Gasteiger partial charge in [-0.25, -0.2) is 23.7 Å². The predicted molar refractivity (Wildman–Crippen MR) is 134 cm³/mol. The summed E-state index contributed by atoms with van der Waals surface area (Å²) < 4.78 is 29.6. The van der Waals surface area contributed by atoms with Crippen LogP contribution in [0.25, 0.3) is 22.5 Å². The molecule has 0 aliphatic carbocycles. The maximum Gasteiger partial charge on any atom is 0.276 e. The van der Waals surface area contributed by atoms with Crippen molar-refractivity contribution < 1.29 is 18.4 Å². The first-order valence-electron chi connectivity index (χ1n) is 11.0. The van der Waals surface area contributed by atoms with E-state index in [4.69, 9.17) is 11.5 Å². The van der Waals surface area contributed by atoms with E-state index >= 15 is 0 Å². The minimum Gasteiger partial charge on any atom is -0.397 e. The van der Waals surface area contributed by atoms with Crippen LogP contribution in [0.4, 0.5) is 26.1 Å². The van der Waals surface area contributed by atoms with Crippen LogP contribution in [0.15, 0.2) is 55.0 Å². The molecular formula is C25H22F2N8O2. The van der Waals surface area contributed by atoms with Crippen molar-refractivity contribution in [3.05, 3.63) is 77.9 Å². The number of rotatable bonds is 6. The second kappa shape index (κ2) is 10.3. The molecule has 0 bridgehead atoms. The van der Waals surface area contributed by atoms with Crippen molar-refractivity contribution in [2.75, 3.05) is 16.8 Å². The van der Waals surface area contributed by atoms with Crippen molar-refractivity contribution in [2.45, 2.75) is 19.9 Å². The molecule has 0 aliphatic heterocycles. The molecule has 0 radical (unpaired) electrons. The smallest absolute Gasteiger partial charge is 0.276 e. The lowest BCUT2D eigenvalue weighted by Crippen LogP contribution is -2.30. The van der Waals surface area contributed by atoms with E-state index in [9.17, 15) is 18.4 Å². The molecular weight excluding hydrogens is 482 g/mol. The summed E-state index contributed by atoms with van der Waals surface area (Å²) in [6.45, 7) is 3.53. The van der Waals surface area contributed by atoms with Gasteiger partial charge in [0.25, 0.3) is 11.8 Å². The van der Waals surface area contributed by atoms with Crippen LogP contribution >= 0.6 is 0 Å². The molecule has 37 heavy (non-hydrogen) atoms. The molecule has 12 heteroatoms. The minimum absolute atomic E-state index is 0.0343. The average Bonchev–Trinajstić information content (AvgIpc) is 2.84. The number of nitrogens with two attached hydrogens (primary N) is 2. The minimum atomic E-state index is -0.965. The molecule has 10 nitrogen and oxygen atoms in total. The van der Waals surface area contributed by atoms with Crippen LogP contribution in [-0.4, -0.2) is 37.8 Å². The molecule has 4 rings (SSSR count). The molecule has 1 aromatic carbocycles. The molecule has 2 amide bonds. The number of nitrogen functional groups attached to an aromatic ring is 2. The summed E-state index contributed by atoms with van der Waals surface area (Å²) in [6, 6.07) is 7.35. The standard InChI is InChI=1S/C25H22F2N8O2/c1-12(2)32-23(36)13-3-4-16(26)15(9-13)21-17(27)10-18(28)22(35-21)24(37)33-20-11-30-7-5-14(20)19-6-8-31-25(29)34-19/h3-12H,28H2,1-2H3,(H,32,36)(H,33,37)(H2,29,31,34). The molecule has 4 aromatic rings. The molecule has 3 heterocycles. The summed E-state index contributed by atoms with van der Waals surface area (Å²) in [4.78, 5) is 41.5. The number of halogens is 2. The Hall–Kier alpha value is -5.00. The van der Waals surface area contributed by atoms with Crippen molar-refractivity contribution >= 4 is 29.1 Å². The van der Waals surface area contributed by atoms with Crippen LogP contribution in [0.1, 0.15) is 34.7 Å². The summed E-state index contributed by atoms with van der Waals surface area (Å²) in [5.41, 5.74) is 11.4. The summed E-state index contributed by atoms with van der Waals surface area (Å²) >= 11 is 0. The number of hydrogen-bond donors (Lipinski definition) is 4. The zero-order valence-electron chi connectivity index (χ0n) is 19.8. The molecule has 0 saturated carbocycles. The van der Waals surface area contributed by atoms with Crippen molar-refractivity contribution in [3.8, 4) is 22.5 Å². The van der Waals surface area contributed by atoms with E-state index in [1.165, 1.54) is 24.7 Å². The Kier molecular flexibility index (Phi) is 7.00. The Morgan fingerprint density at radius 3 is 2.43 bits per heavy atom. The summed E-state index contributed by atoms with van der Waals surface area (Å²) in [6.07, 6.45) is 4.33. The van der Waals surface area contributed by atoms with Gasteiger partial charge >= 0.3 is 0 Å². The number of pyridine rings is 2. The van der Waals surface area contributed by atoms with Crippen LogP contribution in [0.5, 0.6) is 0 Å². The fraction of sp³-hybridized carbons (Fsp3) is 0.120. The monoisotopic (exact) mass is 504 g/mol. The van der Waals surface area contributed by atoms with Crippen molar-refractivity contribution in [1.82, 2.24) is 25.3 Å². The largest absolute Gasteiger partial charge is 0.397 e. The Labute approximate surface area is 210 Å². The first-order valence-corrected chi connectivity index (χ1v) is 11.0. The highest BCUT2D eigenvalue weighted by molar-refractivity contribution is 6.08. The van der Waals surface area contributed by atoms with E-state index in [0.29, 0.717) is 11.3 Å². The fourth-order valence-electron chi connectivity index (χ4n) is 3.49. The van der Waals surface area contributed by atoms with Gasteiger partial charge in [0, 0.05) is 41.2 Å². The molecule has 0 saturated heterocycles. The second-order valence-electron chi connectivity index (χ2n) is 8.25. The van der Waals surface area contributed by atoms with Gasteiger partial charge in [-0.15, -0.1) is 0 Å². The number of anilines is 3. The van der Waals surface area contributed by atoms with Crippen LogP contribution in [0.3, 0.4) is 0 Å². The Morgan fingerprint density at radius 2 is 1.70 bits per heavy atom. The zero-order chi connectivity index (χ0) is 26.7. The Morgan fingerprint density at radius 1 is 0.919 bits per heavy atom. The molecule has 6 N–H and O–H groups in total. The SMILES string of the molecule is CC(C)NC(=O)c1ccc(F)c(-c2nc(C(=O)Nc3cnccc3-c3ccnc(N)n3)c(N)cc2F)c1. The van der Waals surface area contributed by atoms with Gasteiger partial charge in [-0.2, -0.15) is 0 Å². The van der Waals surface area contributed by atoms with E-state index in [0.717, 1.165) is 18.2 Å². The first kappa shape index (κ1) is 25.1. The maximum atomic E-state index is 14.9. The lowest BCUT2D eigenvalue weighted by molar-refractivity contribution is 0.0942. The number of benzene rings is 1. The summed E-state index contributed by atoms with van der Waals surface area (Å²) in [7, 11) is 0. The molecule has 0 aliphatic rings. The Bertz CT molecular complexity index is 1510. The van der Waals surface area contributed by atoms with E-state index in [-0.39, 0.29) is 40.2 Å². The van der Waals surface area contributed by atoms with Gasteiger partial charge in [0.2, 0.25) is 5.95 Å². The van der Waals surface area contributed by atoms with E-state index in [1.54, 1.807) is 26.0 Å². The van der Waals surface area contributed by atoms with Gasteiger partial charge in [-0.3, -0.25) is 14.6 Å². The molecule has 3 aromatic heterocycles. The third-order valence-corrected chi connectivity index (χ3v) is 5.14. The third kappa shape index (κ3) is 5.48. The highest BCUT2D eigenvalue weighted by atomic mass is 19.1. The van der Waals surface area contributed by atoms with E-state index in [1.807, 2.05) is 0 Å². The molecule has 0 unspecified atom stereocenters. The number of carbonyl (C=O) groups excluding carboxylic acids is 2. The molecule has 0 fully saturated rings. The zero-order valence-corrected chi connectivity index (χ0v) is 19.8.